The fourth-order valence-corrected chi connectivity index (χ4v) is 4.18. The topological polar surface area (TPSA) is 4.93 Å². The maximum absolute atomic E-state index is 4.08. The number of halogens is 2. The Bertz CT molecular complexity index is 1000. The Hall–Kier alpha value is -1.84. The molecule has 25 heavy (non-hydrogen) atoms. The molecule has 124 valence electrons. The Morgan fingerprint density at radius 3 is 1.92 bits per heavy atom. The smallest absolute Gasteiger partial charge is 0.0492 e. The highest BCUT2D eigenvalue weighted by Gasteiger charge is 2.15. The van der Waals surface area contributed by atoms with E-state index in [2.05, 4.69) is 110 Å². The summed E-state index contributed by atoms with van der Waals surface area (Å²) in [6, 6.07) is 23.6. The Morgan fingerprint density at radius 2 is 1.40 bits per heavy atom. The van der Waals surface area contributed by atoms with Gasteiger partial charge in [-0.25, -0.2) is 0 Å². The van der Waals surface area contributed by atoms with E-state index >= 15 is 0 Å². The lowest BCUT2D eigenvalue weighted by molar-refractivity contribution is 0.676. The Morgan fingerprint density at radius 1 is 0.840 bits per heavy atom. The Kier molecular flexibility index (Phi) is 4.53. The monoisotopic (exact) mass is 453 g/mol. The minimum Gasteiger partial charge on any atom is -0.340 e. The van der Waals surface area contributed by atoms with E-state index in [0.717, 1.165) is 15.5 Å². The van der Waals surface area contributed by atoms with Gasteiger partial charge in [-0.3, -0.25) is 0 Å². The van der Waals surface area contributed by atoms with Crippen LogP contribution in [0.1, 0.15) is 11.5 Å². The SMILES string of the molecule is C=C[C@H](Cn1c2ccc(Br)cc2c2cc(Br)ccc21)c1ccccc1. The molecule has 0 aliphatic carbocycles. The van der Waals surface area contributed by atoms with Crippen molar-refractivity contribution in [2.24, 2.45) is 0 Å². The maximum Gasteiger partial charge on any atom is 0.0492 e. The molecule has 0 aliphatic rings. The lowest BCUT2D eigenvalue weighted by Crippen LogP contribution is -2.07. The zero-order valence-electron chi connectivity index (χ0n) is 13.6. The van der Waals surface area contributed by atoms with Crippen molar-refractivity contribution >= 4 is 53.7 Å². The molecule has 1 aromatic heterocycles. The molecule has 3 aromatic carbocycles. The zero-order chi connectivity index (χ0) is 17.4. The number of nitrogens with zero attached hydrogens (tertiary/aromatic N) is 1. The van der Waals surface area contributed by atoms with E-state index in [9.17, 15) is 0 Å². The minimum absolute atomic E-state index is 0.271. The molecule has 4 rings (SSSR count). The van der Waals surface area contributed by atoms with Gasteiger partial charge < -0.3 is 4.57 Å². The minimum atomic E-state index is 0.271. The summed E-state index contributed by atoms with van der Waals surface area (Å²) in [4.78, 5) is 0. The highest BCUT2D eigenvalue weighted by Crippen LogP contribution is 2.34. The molecule has 1 atom stereocenters. The van der Waals surface area contributed by atoms with Crippen molar-refractivity contribution in [2.45, 2.75) is 12.5 Å². The number of aromatic nitrogens is 1. The predicted molar refractivity (Wildman–Crippen MR) is 114 cm³/mol. The third kappa shape index (κ3) is 3.07. The third-order valence-corrected chi connectivity index (χ3v) is 5.67. The molecule has 3 heteroatoms. The predicted octanol–water partition coefficient (Wildman–Crippen LogP) is 7.29. The van der Waals surface area contributed by atoms with Crippen LogP contribution < -0.4 is 0 Å². The van der Waals surface area contributed by atoms with Crippen LogP contribution in [0.2, 0.25) is 0 Å². The van der Waals surface area contributed by atoms with Gasteiger partial charge in [0.2, 0.25) is 0 Å². The van der Waals surface area contributed by atoms with Crippen LogP contribution in [-0.4, -0.2) is 4.57 Å². The van der Waals surface area contributed by atoms with E-state index in [0.29, 0.717) is 0 Å². The molecular weight excluding hydrogens is 438 g/mol. The average Bonchev–Trinajstić information content (AvgIpc) is 2.92. The summed E-state index contributed by atoms with van der Waals surface area (Å²) in [5.74, 6) is 0.271. The van der Waals surface area contributed by atoms with Crippen molar-refractivity contribution in [3.8, 4) is 0 Å². The van der Waals surface area contributed by atoms with E-state index < -0.39 is 0 Å². The number of benzene rings is 3. The summed E-state index contributed by atoms with van der Waals surface area (Å²) in [5, 5.41) is 2.53. The molecule has 0 unspecified atom stereocenters. The largest absolute Gasteiger partial charge is 0.340 e. The van der Waals surface area contributed by atoms with Crippen LogP contribution in [0, 0.1) is 0 Å². The fourth-order valence-electron chi connectivity index (χ4n) is 3.46. The molecule has 0 radical (unpaired) electrons. The van der Waals surface area contributed by atoms with E-state index in [4.69, 9.17) is 0 Å². The molecule has 0 bridgehead atoms. The van der Waals surface area contributed by atoms with Crippen LogP contribution >= 0.6 is 31.9 Å². The van der Waals surface area contributed by atoms with Crippen molar-refractivity contribution in [1.29, 1.82) is 0 Å². The highest BCUT2D eigenvalue weighted by molar-refractivity contribution is 9.10. The number of fused-ring (bicyclic) bond motifs is 3. The lowest BCUT2D eigenvalue weighted by Gasteiger charge is -2.16. The summed E-state index contributed by atoms with van der Waals surface area (Å²) in [6.45, 7) is 4.95. The molecule has 4 aromatic rings. The van der Waals surface area contributed by atoms with Crippen LogP contribution in [-0.2, 0) is 6.54 Å². The first kappa shape index (κ1) is 16.6. The Labute approximate surface area is 164 Å². The van der Waals surface area contributed by atoms with Gasteiger partial charge in [-0.15, -0.1) is 6.58 Å². The second-order valence-electron chi connectivity index (χ2n) is 6.19. The van der Waals surface area contributed by atoms with Gasteiger partial charge in [0.05, 0.1) is 0 Å². The lowest BCUT2D eigenvalue weighted by atomic mass is 9.99. The van der Waals surface area contributed by atoms with Crippen LogP contribution in [0.25, 0.3) is 21.8 Å². The second kappa shape index (κ2) is 6.81. The number of rotatable bonds is 4. The van der Waals surface area contributed by atoms with Crippen molar-refractivity contribution in [3.05, 3.63) is 93.9 Å². The van der Waals surface area contributed by atoms with Crippen molar-refractivity contribution in [3.63, 3.8) is 0 Å². The average molecular weight is 455 g/mol. The molecule has 0 fully saturated rings. The first-order valence-electron chi connectivity index (χ1n) is 8.22. The summed E-state index contributed by atoms with van der Waals surface area (Å²) in [5.41, 5.74) is 3.79. The Balaban J connectivity index is 1.92. The molecule has 0 saturated heterocycles. The molecular formula is C22H17Br2N. The van der Waals surface area contributed by atoms with E-state index in [1.54, 1.807) is 0 Å². The van der Waals surface area contributed by atoms with Crippen LogP contribution in [0.15, 0.2) is 88.3 Å². The van der Waals surface area contributed by atoms with E-state index in [1.165, 1.54) is 27.4 Å². The molecule has 0 aliphatic heterocycles. The van der Waals surface area contributed by atoms with Gasteiger partial charge >= 0.3 is 0 Å². The van der Waals surface area contributed by atoms with Gasteiger partial charge in [0.25, 0.3) is 0 Å². The zero-order valence-corrected chi connectivity index (χ0v) is 16.8. The first-order chi connectivity index (χ1) is 12.2. The van der Waals surface area contributed by atoms with Crippen LogP contribution in [0.3, 0.4) is 0 Å². The molecule has 1 nitrogen and oxygen atoms in total. The van der Waals surface area contributed by atoms with Gasteiger partial charge in [-0.05, 0) is 42.0 Å². The van der Waals surface area contributed by atoms with Crippen molar-refractivity contribution in [1.82, 2.24) is 4.57 Å². The van der Waals surface area contributed by atoms with Gasteiger partial charge in [0.1, 0.15) is 0 Å². The molecule has 0 spiro atoms. The summed E-state index contributed by atoms with van der Waals surface area (Å²) in [7, 11) is 0. The summed E-state index contributed by atoms with van der Waals surface area (Å²) in [6.07, 6.45) is 2.05. The quantitative estimate of drug-likeness (QED) is 0.285. The van der Waals surface area contributed by atoms with Crippen molar-refractivity contribution in [2.75, 3.05) is 0 Å². The van der Waals surface area contributed by atoms with E-state index in [-0.39, 0.29) is 5.92 Å². The number of allylic oxidation sites excluding steroid dienone is 1. The van der Waals surface area contributed by atoms with Gasteiger partial charge in [0.15, 0.2) is 0 Å². The standard InChI is InChI=1S/C22H17Br2N/c1-2-15(16-6-4-3-5-7-16)14-25-21-10-8-17(23)12-19(21)20-13-18(24)9-11-22(20)25/h2-13,15H,1,14H2/t15-/m1/s1. The highest BCUT2D eigenvalue weighted by atomic mass is 79.9. The number of hydrogen-bond donors (Lipinski definition) is 0. The van der Waals surface area contributed by atoms with Gasteiger partial charge in [-0.2, -0.15) is 0 Å². The van der Waals surface area contributed by atoms with Gasteiger partial charge in [0, 0.05) is 43.2 Å². The third-order valence-electron chi connectivity index (χ3n) is 4.68. The number of hydrogen-bond acceptors (Lipinski definition) is 0. The first-order valence-corrected chi connectivity index (χ1v) is 9.80. The summed E-state index contributed by atoms with van der Waals surface area (Å²) >= 11 is 7.22. The molecule has 0 amide bonds. The second-order valence-corrected chi connectivity index (χ2v) is 8.02. The van der Waals surface area contributed by atoms with Crippen LogP contribution in [0.5, 0.6) is 0 Å². The fraction of sp³-hybridized carbons (Fsp3) is 0.0909. The van der Waals surface area contributed by atoms with E-state index in [1.807, 2.05) is 6.08 Å². The van der Waals surface area contributed by atoms with Gasteiger partial charge in [-0.1, -0.05) is 68.3 Å². The maximum atomic E-state index is 4.08. The van der Waals surface area contributed by atoms with Crippen molar-refractivity contribution < 1.29 is 0 Å². The molecule has 0 N–H and O–H groups in total. The molecule has 0 saturated carbocycles. The summed E-state index contributed by atoms with van der Waals surface area (Å²) < 4.78 is 4.60. The normalized spacial score (nSPS) is 12.6. The molecule has 1 heterocycles. The van der Waals surface area contributed by atoms with Crippen LogP contribution in [0.4, 0.5) is 0 Å².